The van der Waals surface area contributed by atoms with Crippen molar-refractivity contribution in [2.24, 2.45) is 0 Å². The number of nitrogens with zero attached hydrogens (tertiary/aromatic N) is 3. The minimum absolute atomic E-state index is 0.715. The molecule has 0 radical (unpaired) electrons. The molecule has 0 bridgehead atoms. The van der Waals surface area contributed by atoms with Gasteiger partial charge in [0.2, 0.25) is 0 Å². The minimum atomic E-state index is 0.715. The number of halogens is 1. The van der Waals surface area contributed by atoms with Crippen LogP contribution in [0.3, 0.4) is 0 Å². The normalized spacial score (nSPS) is 15.1. The van der Waals surface area contributed by atoms with Gasteiger partial charge in [-0.25, -0.2) is 4.98 Å². The number of pyridine rings is 1. The van der Waals surface area contributed by atoms with E-state index in [1.165, 1.54) is 5.69 Å². The molecule has 2 heterocycles. The molecule has 0 aliphatic carbocycles. The van der Waals surface area contributed by atoms with Gasteiger partial charge in [0.25, 0.3) is 0 Å². The highest BCUT2D eigenvalue weighted by atomic mass is 35.5. The van der Waals surface area contributed by atoms with Crippen LogP contribution in [0.25, 0.3) is 0 Å². The number of rotatable bonds is 3. The van der Waals surface area contributed by atoms with Crippen LogP contribution in [0.5, 0.6) is 5.75 Å². The molecule has 0 unspecified atom stereocenters. The summed E-state index contributed by atoms with van der Waals surface area (Å²) in [6.07, 6.45) is 1.79. The predicted molar refractivity (Wildman–Crippen MR) is 86.7 cm³/mol. The van der Waals surface area contributed by atoms with Crippen LogP contribution in [0.2, 0.25) is 5.02 Å². The monoisotopic (exact) mass is 303 g/mol. The minimum Gasteiger partial charge on any atom is -0.497 e. The van der Waals surface area contributed by atoms with Crippen molar-refractivity contribution in [3.63, 3.8) is 0 Å². The van der Waals surface area contributed by atoms with Gasteiger partial charge in [-0.1, -0.05) is 17.7 Å². The van der Waals surface area contributed by atoms with Crippen LogP contribution in [0.1, 0.15) is 0 Å². The van der Waals surface area contributed by atoms with Crippen molar-refractivity contribution < 1.29 is 4.74 Å². The molecule has 0 spiro atoms. The van der Waals surface area contributed by atoms with Crippen LogP contribution in [0, 0.1) is 0 Å². The molecule has 5 heteroatoms. The summed E-state index contributed by atoms with van der Waals surface area (Å²) in [5, 5.41) is 0.715. The summed E-state index contributed by atoms with van der Waals surface area (Å²) >= 11 is 6.22. The number of hydrogen-bond acceptors (Lipinski definition) is 4. The SMILES string of the molecule is COc1cccc(N2CCN(c3ncccc3Cl)CC2)c1. The molecular weight excluding hydrogens is 286 g/mol. The molecule has 4 nitrogen and oxygen atoms in total. The predicted octanol–water partition coefficient (Wildman–Crippen LogP) is 3.07. The van der Waals surface area contributed by atoms with Crippen LogP contribution in [-0.4, -0.2) is 38.3 Å². The van der Waals surface area contributed by atoms with Crippen LogP contribution in [0.4, 0.5) is 11.5 Å². The van der Waals surface area contributed by atoms with Crippen LogP contribution in [0.15, 0.2) is 42.6 Å². The quantitative estimate of drug-likeness (QED) is 0.871. The van der Waals surface area contributed by atoms with Crippen molar-refractivity contribution in [3.05, 3.63) is 47.6 Å². The maximum absolute atomic E-state index is 6.22. The first kappa shape index (κ1) is 14.0. The average Bonchev–Trinajstić information content (AvgIpc) is 2.56. The fraction of sp³-hybridized carbons (Fsp3) is 0.312. The third kappa shape index (κ3) is 3.05. The zero-order chi connectivity index (χ0) is 14.7. The van der Waals surface area contributed by atoms with E-state index < -0.39 is 0 Å². The summed E-state index contributed by atoms with van der Waals surface area (Å²) in [5.74, 6) is 1.77. The third-order valence-corrected chi connectivity index (χ3v) is 4.03. The van der Waals surface area contributed by atoms with Crippen molar-refractivity contribution in [2.75, 3.05) is 43.1 Å². The van der Waals surface area contributed by atoms with E-state index in [2.05, 4.69) is 26.9 Å². The van der Waals surface area contributed by atoms with E-state index in [1.807, 2.05) is 24.3 Å². The van der Waals surface area contributed by atoms with Gasteiger partial charge in [-0.3, -0.25) is 0 Å². The summed E-state index contributed by atoms with van der Waals surface area (Å²) in [7, 11) is 1.69. The highest BCUT2D eigenvalue weighted by molar-refractivity contribution is 6.32. The summed E-state index contributed by atoms with van der Waals surface area (Å²) in [6, 6.07) is 11.9. The molecule has 0 N–H and O–H groups in total. The van der Waals surface area contributed by atoms with E-state index in [0.29, 0.717) is 5.02 Å². The first-order valence-corrected chi connectivity index (χ1v) is 7.40. The van der Waals surface area contributed by atoms with Gasteiger partial charge < -0.3 is 14.5 Å². The van der Waals surface area contributed by atoms with Gasteiger partial charge in [-0.05, 0) is 24.3 Å². The van der Waals surface area contributed by atoms with Gasteiger partial charge in [-0.15, -0.1) is 0 Å². The van der Waals surface area contributed by atoms with Crippen molar-refractivity contribution in [3.8, 4) is 5.75 Å². The lowest BCUT2D eigenvalue weighted by Gasteiger charge is -2.37. The molecule has 0 amide bonds. The molecule has 1 aliphatic rings. The Morgan fingerprint density at radius 2 is 1.81 bits per heavy atom. The molecule has 1 aliphatic heterocycles. The average molecular weight is 304 g/mol. The van der Waals surface area contributed by atoms with E-state index in [9.17, 15) is 0 Å². The summed E-state index contributed by atoms with van der Waals surface area (Å²) in [5.41, 5.74) is 1.20. The number of hydrogen-bond donors (Lipinski definition) is 0. The third-order valence-electron chi connectivity index (χ3n) is 3.74. The molecule has 1 fully saturated rings. The standard InChI is InChI=1S/C16H18ClN3O/c1-21-14-5-2-4-13(12-14)19-8-10-20(11-9-19)16-15(17)6-3-7-18-16/h2-7,12H,8-11H2,1H3. The van der Waals surface area contributed by atoms with E-state index >= 15 is 0 Å². The van der Waals surface area contributed by atoms with Gasteiger partial charge in [0.1, 0.15) is 11.6 Å². The Balaban J connectivity index is 1.69. The van der Waals surface area contributed by atoms with Crippen LogP contribution < -0.4 is 14.5 Å². The summed E-state index contributed by atoms with van der Waals surface area (Å²) < 4.78 is 5.29. The first-order chi connectivity index (χ1) is 10.3. The second kappa shape index (κ2) is 6.22. The zero-order valence-electron chi connectivity index (χ0n) is 12.0. The van der Waals surface area contributed by atoms with Crippen molar-refractivity contribution in [1.82, 2.24) is 4.98 Å². The lowest BCUT2D eigenvalue weighted by atomic mass is 10.2. The second-order valence-electron chi connectivity index (χ2n) is 4.98. The molecule has 0 atom stereocenters. The van der Waals surface area contributed by atoms with E-state index in [1.54, 1.807) is 13.3 Å². The van der Waals surface area contributed by atoms with Gasteiger partial charge in [0, 0.05) is 44.1 Å². The Bertz CT molecular complexity index is 612. The van der Waals surface area contributed by atoms with E-state index in [4.69, 9.17) is 16.3 Å². The molecule has 110 valence electrons. The Morgan fingerprint density at radius 1 is 1.05 bits per heavy atom. The van der Waals surface area contributed by atoms with Gasteiger partial charge >= 0.3 is 0 Å². The van der Waals surface area contributed by atoms with Gasteiger partial charge in [0.05, 0.1) is 12.1 Å². The van der Waals surface area contributed by atoms with Crippen LogP contribution in [-0.2, 0) is 0 Å². The largest absolute Gasteiger partial charge is 0.497 e. The Labute approximate surface area is 129 Å². The smallest absolute Gasteiger partial charge is 0.147 e. The number of ether oxygens (including phenoxy) is 1. The number of piperazine rings is 1. The Morgan fingerprint density at radius 3 is 2.52 bits per heavy atom. The molecule has 2 aromatic rings. The van der Waals surface area contributed by atoms with E-state index in [-0.39, 0.29) is 0 Å². The fourth-order valence-electron chi connectivity index (χ4n) is 2.59. The Kier molecular flexibility index (Phi) is 4.15. The lowest BCUT2D eigenvalue weighted by molar-refractivity contribution is 0.414. The lowest BCUT2D eigenvalue weighted by Crippen LogP contribution is -2.46. The first-order valence-electron chi connectivity index (χ1n) is 7.02. The number of anilines is 2. The highest BCUT2D eigenvalue weighted by Gasteiger charge is 2.20. The second-order valence-corrected chi connectivity index (χ2v) is 5.39. The zero-order valence-corrected chi connectivity index (χ0v) is 12.8. The Hall–Kier alpha value is -1.94. The van der Waals surface area contributed by atoms with E-state index in [0.717, 1.165) is 37.7 Å². The number of methoxy groups -OCH3 is 1. The molecule has 3 rings (SSSR count). The van der Waals surface area contributed by atoms with Crippen LogP contribution >= 0.6 is 11.6 Å². The maximum atomic E-state index is 6.22. The van der Waals surface area contributed by atoms with Gasteiger partial charge in [0.15, 0.2) is 0 Å². The fourth-order valence-corrected chi connectivity index (χ4v) is 2.83. The van der Waals surface area contributed by atoms with Crippen molar-refractivity contribution in [1.29, 1.82) is 0 Å². The number of benzene rings is 1. The highest BCUT2D eigenvalue weighted by Crippen LogP contribution is 2.26. The van der Waals surface area contributed by atoms with Crippen molar-refractivity contribution >= 4 is 23.1 Å². The summed E-state index contributed by atoms with van der Waals surface area (Å²) in [4.78, 5) is 8.97. The molecule has 1 aromatic carbocycles. The van der Waals surface area contributed by atoms with Gasteiger partial charge in [-0.2, -0.15) is 0 Å². The molecule has 1 aromatic heterocycles. The molecular formula is C16H18ClN3O. The summed E-state index contributed by atoms with van der Waals surface area (Å²) in [6.45, 7) is 3.71. The number of aromatic nitrogens is 1. The molecule has 21 heavy (non-hydrogen) atoms. The van der Waals surface area contributed by atoms with Crippen molar-refractivity contribution in [2.45, 2.75) is 0 Å². The molecule has 1 saturated heterocycles. The maximum Gasteiger partial charge on any atom is 0.147 e. The topological polar surface area (TPSA) is 28.6 Å². The molecule has 0 saturated carbocycles.